The third-order valence-electron chi connectivity index (χ3n) is 4.82. The largest absolute Gasteiger partial charge is 0.353 e. The second kappa shape index (κ2) is 9.12. The number of nitrogens with zero attached hydrogens (tertiary/aromatic N) is 5. The standard InChI is InChI=1S/C20H25N5O2/c1-23(11-7-17-5-9-21-10-6-17)19(26)16-20(27)25-14-12-24(13-15-25)18-4-2-3-8-22-18/h2-6,8-10H,7,11-16H2,1H3. The summed E-state index contributed by atoms with van der Waals surface area (Å²) in [4.78, 5) is 38.7. The molecule has 0 aliphatic carbocycles. The number of carbonyl (C=O) groups excluding carboxylic acids is 2. The van der Waals surface area contributed by atoms with Crippen LogP contribution in [0.4, 0.5) is 5.82 Å². The van der Waals surface area contributed by atoms with Gasteiger partial charge in [0.25, 0.3) is 0 Å². The van der Waals surface area contributed by atoms with Crippen LogP contribution < -0.4 is 4.90 Å². The third-order valence-corrected chi connectivity index (χ3v) is 4.82. The van der Waals surface area contributed by atoms with Crippen LogP contribution in [0.2, 0.25) is 0 Å². The minimum Gasteiger partial charge on any atom is -0.353 e. The lowest BCUT2D eigenvalue weighted by atomic mass is 10.2. The quantitative estimate of drug-likeness (QED) is 0.718. The lowest BCUT2D eigenvalue weighted by Crippen LogP contribution is -2.50. The van der Waals surface area contributed by atoms with Gasteiger partial charge in [0.1, 0.15) is 12.2 Å². The van der Waals surface area contributed by atoms with Gasteiger partial charge in [-0.2, -0.15) is 0 Å². The van der Waals surface area contributed by atoms with Crippen molar-refractivity contribution in [3.05, 3.63) is 54.5 Å². The lowest BCUT2D eigenvalue weighted by molar-refractivity contribution is -0.140. The summed E-state index contributed by atoms with van der Waals surface area (Å²) < 4.78 is 0. The molecule has 0 atom stereocenters. The third kappa shape index (κ3) is 5.26. The molecule has 2 aromatic rings. The van der Waals surface area contributed by atoms with Crippen LogP contribution in [0.3, 0.4) is 0 Å². The molecule has 27 heavy (non-hydrogen) atoms. The maximum absolute atomic E-state index is 12.5. The summed E-state index contributed by atoms with van der Waals surface area (Å²) in [6, 6.07) is 9.69. The number of carbonyl (C=O) groups is 2. The van der Waals surface area contributed by atoms with Crippen molar-refractivity contribution < 1.29 is 9.59 Å². The fourth-order valence-corrected chi connectivity index (χ4v) is 3.07. The predicted octanol–water partition coefficient (Wildman–Crippen LogP) is 1.22. The van der Waals surface area contributed by atoms with Crippen LogP contribution in [0.15, 0.2) is 48.9 Å². The Hall–Kier alpha value is -2.96. The number of anilines is 1. The molecule has 1 aliphatic heterocycles. The molecular weight excluding hydrogens is 342 g/mol. The summed E-state index contributed by atoms with van der Waals surface area (Å²) in [6.45, 7) is 3.28. The van der Waals surface area contributed by atoms with Gasteiger partial charge in [-0.15, -0.1) is 0 Å². The molecule has 0 unspecified atom stereocenters. The summed E-state index contributed by atoms with van der Waals surface area (Å²) in [5, 5.41) is 0. The molecule has 1 fully saturated rings. The fraction of sp³-hybridized carbons (Fsp3) is 0.400. The number of aromatic nitrogens is 2. The molecule has 0 bridgehead atoms. The lowest BCUT2D eigenvalue weighted by Gasteiger charge is -2.35. The number of amides is 2. The Balaban J connectivity index is 1.42. The molecule has 142 valence electrons. The highest BCUT2D eigenvalue weighted by Gasteiger charge is 2.24. The number of hydrogen-bond acceptors (Lipinski definition) is 5. The number of hydrogen-bond donors (Lipinski definition) is 0. The van der Waals surface area contributed by atoms with Crippen LogP contribution in [0.1, 0.15) is 12.0 Å². The SMILES string of the molecule is CN(CCc1ccncc1)C(=O)CC(=O)N1CCN(c2ccccn2)CC1. The van der Waals surface area contributed by atoms with E-state index in [1.807, 2.05) is 30.3 Å². The normalized spacial score (nSPS) is 14.1. The van der Waals surface area contributed by atoms with Gasteiger partial charge >= 0.3 is 0 Å². The molecule has 3 heterocycles. The van der Waals surface area contributed by atoms with Gasteiger partial charge in [-0.1, -0.05) is 6.07 Å². The van der Waals surface area contributed by atoms with Gasteiger partial charge < -0.3 is 14.7 Å². The number of likely N-dealkylation sites (N-methyl/N-ethyl adjacent to an activating group) is 1. The second-order valence-electron chi connectivity index (χ2n) is 6.65. The average Bonchev–Trinajstić information content (AvgIpc) is 2.73. The molecule has 7 heteroatoms. The summed E-state index contributed by atoms with van der Waals surface area (Å²) in [5.74, 6) is 0.689. The Kier molecular flexibility index (Phi) is 6.35. The molecule has 2 aromatic heterocycles. The van der Waals surface area contributed by atoms with E-state index >= 15 is 0 Å². The highest BCUT2D eigenvalue weighted by molar-refractivity contribution is 5.96. The minimum absolute atomic E-state index is 0.0730. The van der Waals surface area contributed by atoms with Crippen LogP contribution in [-0.2, 0) is 16.0 Å². The Morgan fingerprint density at radius 2 is 1.78 bits per heavy atom. The zero-order chi connectivity index (χ0) is 19.1. The van der Waals surface area contributed by atoms with E-state index in [-0.39, 0.29) is 18.2 Å². The van der Waals surface area contributed by atoms with Gasteiger partial charge in [0, 0.05) is 58.4 Å². The molecule has 0 N–H and O–H groups in total. The molecule has 0 aromatic carbocycles. The predicted molar refractivity (Wildman–Crippen MR) is 103 cm³/mol. The first-order valence-corrected chi connectivity index (χ1v) is 9.20. The molecule has 0 saturated carbocycles. The zero-order valence-corrected chi connectivity index (χ0v) is 15.6. The summed E-state index contributed by atoms with van der Waals surface area (Å²) in [5.41, 5.74) is 1.13. The van der Waals surface area contributed by atoms with Crippen molar-refractivity contribution in [2.24, 2.45) is 0 Å². The van der Waals surface area contributed by atoms with Crippen molar-refractivity contribution in [1.29, 1.82) is 0 Å². The molecule has 1 saturated heterocycles. The van der Waals surface area contributed by atoms with E-state index in [9.17, 15) is 9.59 Å². The van der Waals surface area contributed by atoms with Gasteiger partial charge in [0.15, 0.2) is 0 Å². The van der Waals surface area contributed by atoms with Crippen LogP contribution in [0, 0.1) is 0 Å². The van der Waals surface area contributed by atoms with E-state index in [0.29, 0.717) is 19.6 Å². The van der Waals surface area contributed by atoms with Crippen molar-refractivity contribution >= 4 is 17.6 Å². The van der Waals surface area contributed by atoms with Crippen molar-refractivity contribution in [2.75, 3.05) is 44.7 Å². The van der Waals surface area contributed by atoms with Crippen molar-refractivity contribution in [1.82, 2.24) is 19.8 Å². The Bertz CT molecular complexity index is 745. The molecule has 0 radical (unpaired) electrons. The Morgan fingerprint density at radius 1 is 1.04 bits per heavy atom. The first kappa shape index (κ1) is 18.8. The zero-order valence-electron chi connectivity index (χ0n) is 15.6. The molecule has 2 amide bonds. The van der Waals surface area contributed by atoms with Crippen LogP contribution in [0.5, 0.6) is 0 Å². The van der Waals surface area contributed by atoms with E-state index in [2.05, 4.69) is 14.9 Å². The van der Waals surface area contributed by atoms with Crippen LogP contribution in [-0.4, -0.2) is 71.4 Å². The highest BCUT2D eigenvalue weighted by Crippen LogP contribution is 2.13. The monoisotopic (exact) mass is 367 g/mol. The Morgan fingerprint density at radius 3 is 2.44 bits per heavy atom. The van der Waals surface area contributed by atoms with Gasteiger partial charge in [-0.3, -0.25) is 14.6 Å². The molecule has 3 rings (SSSR count). The number of piperazine rings is 1. The smallest absolute Gasteiger partial charge is 0.232 e. The van der Waals surface area contributed by atoms with E-state index in [1.54, 1.807) is 35.4 Å². The maximum Gasteiger partial charge on any atom is 0.232 e. The van der Waals surface area contributed by atoms with Crippen LogP contribution >= 0.6 is 0 Å². The van der Waals surface area contributed by atoms with Crippen molar-refractivity contribution in [2.45, 2.75) is 12.8 Å². The molecule has 0 spiro atoms. The van der Waals surface area contributed by atoms with E-state index in [0.717, 1.165) is 30.9 Å². The minimum atomic E-state index is -0.138. The van der Waals surface area contributed by atoms with Crippen LogP contribution in [0.25, 0.3) is 0 Å². The van der Waals surface area contributed by atoms with Gasteiger partial charge in [-0.05, 0) is 36.2 Å². The Labute approximate surface area is 159 Å². The van der Waals surface area contributed by atoms with E-state index in [1.165, 1.54) is 0 Å². The molecular formula is C20H25N5O2. The fourth-order valence-electron chi connectivity index (χ4n) is 3.07. The second-order valence-corrected chi connectivity index (χ2v) is 6.65. The molecule has 1 aliphatic rings. The first-order chi connectivity index (χ1) is 13.1. The highest BCUT2D eigenvalue weighted by atomic mass is 16.2. The van der Waals surface area contributed by atoms with E-state index in [4.69, 9.17) is 0 Å². The van der Waals surface area contributed by atoms with Crippen molar-refractivity contribution in [3.8, 4) is 0 Å². The number of rotatable bonds is 6. The number of pyridine rings is 2. The van der Waals surface area contributed by atoms with Gasteiger partial charge in [-0.25, -0.2) is 4.98 Å². The summed E-state index contributed by atoms with van der Waals surface area (Å²) >= 11 is 0. The van der Waals surface area contributed by atoms with Gasteiger partial charge in [0.05, 0.1) is 0 Å². The first-order valence-electron chi connectivity index (χ1n) is 9.20. The van der Waals surface area contributed by atoms with E-state index < -0.39 is 0 Å². The summed E-state index contributed by atoms with van der Waals surface area (Å²) in [6.07, 6.45) is 5.93. The maximum atomic E-state index is 12.5. The summed E-state index contributed by atoms with van der Waals surface area (Å²) in [7, 11) is 1.75. The van der Waals surface area contributed by atoms with Gasteiger partial charge in [0.2, 0.25) is 11.8 Å². The topological polar surface area (TPSA) is 69.6 Å². The average molecular weight is 367 g/mol. The molecule has 7 nitrogen and oxygen atoms in total. The van der Waals surface area contributed by atoms with Crippen molar-refractivity contribution in [3.63, 3.8) is 0 Å².